The molecule has 10 heteroatoms. The minimum Gasteiger partial charge on any atom is -0.493 e. The summed E-state index contributed by atoms with van der Waals surface area (Å²) in [5.41, 5.74) is 0.658. The van der Waals surface area contributed by atoms with Crippen molar-refractivity contribution >= 4 is 5.91 Å². The summed E-state index contributed by atoms with van der Waals surface area (Å²) in [4.78, 5) is 20.4. The molecule has 0 saturated carbocycles. The largest absolute Gasteiger partial charge is 0.493 e. The number of carbonyl (C=O) groups is 1. The SMILES string of the molecule is COc1cc(-c2cnn(-c3ccc(C(=O)NCC4CCOCC4)cn3)c2O)c(F)cn1. The Morgan fingerprint density at radius 1 is 1.26 bits per heavy atom. The van der Waals surface area contributed by atoms with Crippen molar-refractivity contribution in [3.63, 3.8) is 0 Å². The number of pyridine rings is 2. The van der Waals surface area contributed by atoms with Gasteiger partial charge in [-0.2, -0.15) is 9.78 Å². The van der Waals surface area contributed by atoms with Gasteiger partial charge in [-0.3, -0.25) is 4.79 Å². The summed E-state index contributed by atoms with van der Waals surface area (Å²) in [6.45, 7) is 2.04. The molecule has 9 nitrogen and oxygen atoms in total. The molecule has 4 heterocycles. The highest BCUT2D eigenvalue weighted by Crippen LogP contribution is 2.33. The van der Waals surface area contributed by atoms with Crippen LogP contribution in [-0.2, 0) is 4.74 Å². The van der Waals surface area contributed by atoms with Gasteiger partial charge in [-0.15, -0.1) is 0 Å². The van der Waals surface area contributed by atoms with Crippen LogP contribution >= 0.6 is 0 Å². The summed E-state index contributed by atoms with van der Waals surface area (Å²) in [5.74, 6) is -0.237. The van der Waals surface area contributed by atoms with Crippen molar-refractivity contribution in [2.75, 3.05) is 26.9 Å². The highest BCUT2D eigenvalue weighted by atomic mass is 19.1. The van der Waals surface area contributed by atoms with E-state index in [1.54, 1.807) is 12.1 Å². The number of carbonyl (C=O) groups excluding carboxylic acids is 1. The van der Waals surface area contributed by atoms with Crippen molar-refractivity contribution in [1.29, 1.82) is 0 Å². The summed E-state index contributed by atoms with van der Waals surface area (Å²) in [7, 11) is 1.42. The van der Waals surface area contributed by atoms with E-state index >= 15 is 0 Å². The molecule has 1 fully saturated rings. The first-order valence-electron chi connectivity index (χ1n) is 9.86. The third-order valence-corrected chi connectivity index (χ3v) is 5.19. The lowest BCUT2D eigenvalue weighted by Gasteiger charge is -2.22. The zero-order valence-electron chi connectivity index (χ0n) is 16.9. The molecule has 3 aromatic heterocycles. The van der Waals surface area contributed by atoms with Crippen LogP contribution in [0.2, 0.25) is 0 Å². The molecule has 0 unspecified atom stereocenters. The number of hydrogen-bond donors (Lipinski definition) is 2. The molecule has 1 aliphatic rings. The summed E-state index contributed by atoms with van der Waals surface area (Å²) in [5, 5.41) is 17.6. The van der Waals surface area contributed by atoms with Crippen molar-refractivity contribution in [1.82, 2.24) is 25.1 Å². The Morgan fingerprint density at radius 3 is 2.77 bits per heavy atom. The van der Waals surface area contributed by atoms with Crippen LogP contribution < -0.4 is 10.1 Å². The van der Waals surface area contributed by atoms with Crippen molar-refractivity contribution in [3.05, 3.63) is 48.2 Å². The molecule has 162 valence electrons. The second-order valence-corrected chi connectivity index (χ2v) is 7.17. The van der Waals surface area contributed by atoms with Gasteiger partial charge in [0.25, 0.3) is 5.91 Å². The molecule has 0 bridgehead atoms. The van der Waals surface area contributed by atoms with E-state index in [0.29, 0.717) is 18.0 Å². The maximum absolute atomic E-state index is 14.2. The molecule has 1 saturated heterocycles. The fourth-order valence-corrected chi connectivity index (χ4v) is 3.37. The van der Waals surface area contributed by atoms with E-state index < -0.39 is 5.82 Å². The molecule has 2 N–H and O–H groups in total. The first kappa shape index (κ1) is 20.7. The molecule has 3 aromatic rings. The van der Waals surface area contributed by atoms with E-state index in [1.807, 2.05) is 0 Å². The molecule has 1 amide bonds. The minimum absolute atomic E-state index is 0.0970. The lowest BCUT2D eigenvalue weighted by Crippen LogP contribution is -2.32. The van der Waals surface area contributed by atoms with E-state index in [9.17, 15) is 14.3 Å². The Labute approximate surface area is 177 Å². The molecule has 0 radical (unpaired) electrons. The van der Waals surface area contributed by atoms with Crippen LogP contribution in [0.15, 0.2) is 36.8 Å². The van der Waals surface area contributed by atoms with Gasteiger partial charge in [0, 0.05) is 37.6 Å². The van der Waals surface area contributed by atoms with Gasteiger partial charge in [-0.05, 0) is 30.9 Å². The van der Waals surface area contributed by atoms with Gasteiger partial charge in [0.1, 0.15) is 5.82 Å². The lowest BCUT2D eigenvalue weighted by molar-refractivity contribution is 0.0642. The number of rotatable bonds is 6. The number of aromatic hydroxyl groups is 1. The van der Waals surface area contributed by atoms with Crippen LogP contribution in [0.3, 0.4) is 0 Å². The van der Waals surface area contributed by atoms with E-state index in [2.05, 4.69) is 20.4 Å². The Bertz CT molecular complexity index is 1060. The second kappa shape index (κ2) is 9.09. The summed E-state index contributed by atoms with van der Waals surface area (Å²) in [6.07, 6.45) is 5.61. The van der Waals surface area contributed by atoms with Crippen LogP contribution in [0.25, 0.3) is 16.9 Å². The third-order valence-electron chi connectivity index (χ3n) is 5.19. The van der Waals surface area contributed by atoms with E-state index in [4.69, 9.17) is 9.47 Å². The molecule has 0 atom stereocenters. The van der Waals surface area contributed by atoms with E-state index in [0.717, 1.165) is 36.9 Å². The van der Waals surface area contributed by atoms with Crippen LogP contribution in [0.5, 0.6) is 11.8 Å². The zero-order chi connectivity index (χ0) is 21.8. The second-order valence-electron chi connectivity index (χ2n) is 7.17. The minimum atomic E-state index is -0.625. The van der Waals surface area contributed by atoms with Gasteiger partial charge in [0.05, 0.1) is 30.6 Å². The van der Waals surface area contributed by atoms with Gasteiger partial charge in [-0.25, -0.2) is 14.4 Å². The van der Waals surface area contributed by atoms with Crippen LogP contribution in [-0.4, -0.2) is 57.6 Å². The van der Waals surface area contributed by atoms with Crippen molar-refractivity contribution in [2.45, 2.75) is 12.8 Å². The Balaban J connectivity index is 1.49. The highest BCUT2D eigenvalue weighted by Gasteiger charge is 2.19. The summed E-state index contributed by atoms with van der Waals surface area (Å²) >= 11 is 0. The lowest BCUT2D eigenvalue weighted by atomic mass is 10.0. The number of hydrogen-bond acceptors (Lipinski definition) is 7. The molecule has 0 spiro atoms. The van der Waals surface area contributed by atoms with E-state index in [1.165, 1.54) is 25.6 Å². The molecule has 4 rings (SSSR count). The maximum Gasteiger partial charge on any atom is 0.252 e. The molecular formula is C21H22FN5O4. The Hall–Kier alpha value is -3.53. The van der Waals surface area contributed by atoms with Crippen LogP contribution in [0.4, 0.5) is 4.39 Å². The maximum atomic E-state index is 14.2. The number of methoxy groups -OCH3 is 1. The number of aromatic nitrogens is 4. The van der Waals surface area contributed by atoms with Crippen LogP contribution in [0.1, 0.15) is 23.2 Å². The van der Waals surface area contributed by atoms with Crippen molar-refractivity contribution in [3.8, 4) is 28.7 Å². The predicted octanol–water partition coefficient (Wildman–Crippen LogP) is 2.34. The fourth-order valence-electron chi connectivity index (χ4n) is 3.37. The quantitative estimate of drug-likeness (QED) is 0.621. The topological polar surface area (TPSA) is 111 Å². The number of nitrogens with zero attached hydrogens (tertiary/aromatic N) is 4. The Morgan fingerprint density at radius 2 is 2.06 bits per heavy atom. The number of halogens is 1. The highest BCUT2D eigenvalue weighted by molar-refractivity contribution is 5.93. The average Bonchev–Trinajstić information content (AvgIpc) is 3.19. The first-order chi connectivity index (χ1) is 15.1. The molecule has 31 heavy (non-hydrogen) atoms. The fraction of sp³-hybridized carbons (Fsp3) is 0.333. The number of amides is 1. The third kappa shape index (κ3) is 4.48. The summed E-state index contributed by atoms with van der Waals surface area (Å²) in [6, 6.07) is 4.53. The zero-order valence-corrected chi connectivity index (χ0v) is 16.9. The normalized spacial score (nSPS) is 14.4. The molecular weight excluding hydrogens is 405 g/mol. The van der Waals surface area contributed by atoms with Crippen LogP contribution in [0, 0.1) is 11.7 Å². The summed E-state index contributed by atoms with van der Waals surface area (Å²) < 4.78 is 25.7. The first-order valence-corrected chi connectivity index (χ1v) is 9.86. The smallest absolute Gasteiger partial charge is 0.252 e. The van der Waals surface area contributed by atoms with E-state index in [-0.39, 0.29) is 34.6 Å². The molecule has 0 aromatic carbocycles. The molecule has 0 aliphatic carbocycles. The van der Waals surface area contributed by atoms with Gasteiger partial charge in [0.2, 0.25) is 11.8 Å². The van der Waals surface area contributed by atoms with Crippen molar-refractivity contribution in [2.24, 2.45) is 5.92 Å². The molecule has 1 aliphatic heterocycles. The number of nitrogens with one attached hydrogen (secondary N) is 1. The van der Waals surface area contributed by atoms with Gasteiger partial charge in [-0.1, -0.05) is 0 Å². The average molecular weight is 427 g/mol. The van der Waals surface area contributed by atoms with Gasteiger partial charge < -0.3 is 19.9 Å². The standard InChI is InChI=1S/C21H22FN5O4/c1-30-19-8-15(17(22)12-24-19)16-11-26-27(21(16)29)18-3-2-14(10-23-18)20(28)25-9-13-4-6-31-7-5-13/h2-3,8,10-13,29H,4-7,9H2,1H3,(H,25,28). The Kier molecular flexibility index (Phi) is 6.08. The van der Waals surface area contributed by atoms with Gasteiger partial charge >= 0.3 is 0 Å². The predicted molar refractivity (Wildman–Crippen MR) is 109 cm³/mol. The monoisotopic (exact) mass is 427 g/mol. The number of ether oxygens (including phenoxy) is 2. The van der Waals surface area contributed by atoms with Gasteiger partial charge in [0.15, 0.2) is 5.82 Å². The van der Waals surface area contributed by atoms with Crippen molar-refractivity contribution < 1.29 is 23.8 Å².